The van der Waals surface area contributed by atoms with E-state index in [-0.39, 0.29) is 24.7 Å². The summed E-state index contributed by atoms with van der Waals surface area (Å²) in [5.41, 5.74) is 1.04. The van der Waals surface area contributed by atoms with E-state index in [0.29, 0.717) is 44.4 Å². The van der Waals surface area contributed by atoms with Gasteiger partial charge in [0.25, 0.3) is 0 Å². The molecule has 2 saturated heterocycles. The van der Waals surface area contributed by atoms with Crippen LogP contribution in [0.3, 0.4) is 0 Å². The lowest BCUT2D eigenvalue weighted by molar-refractivity contribution is -0.134. The average molecular weight is 397 g/mol. The van der Waals surface area contributed by atoms with Crippen molar-refractivity contribution in [2.24, 2.45) is 5.92 Å². The first-order valence-corrected chi connectivity index (χ1v) is 10.9. The van der Waals surface area contributed by atoms with Crippen LogP contribution < -0.4 is 10.2 Å². The number of hydrogen-bond acceptors (Lipinski definition) is 5. The van der Waals surface area contributed by atoms with Gasteiger partial charge in [-0.05, 0) is 31.6 Å². The zero-order chi connectivity index (χ0) is 18.6. The summed E-state index contributed by atoms with van der Waals surface area (Å²) >= 11 is 1.74. The Morgan fingerprint density at radius 2 is 1.85 bits per heavy atom. The first-order valence-electron chi connectivity index (χ1n) is 10.1. The number of anilines is 1. The molecule has 5 rings (SSSR count). The molecule has 0 radical (unpaired) electrons. The molecule has 4 aliphatic rings. The number of amides is 1. The molecule has 2 atom stereocenters. The standard InChI is InChI=1S/C19H26F2N4OS/c20-19(21)5-3-12(4-6-19)7-17(26)24-10-15-16(11-24)27-18(23-15)25-13-1-2-14(25)9-22-8-13/h12-14,22H,1-11H2. The fourth-order valence-corrected chi connectivity index (χ4v) is 6.31. The summed E-state index contributed by atoms with van der Waals surface area (Å²) in [4.78, 5) is 23.1. The number of nitrogens with one attached hydrogen (secondary N) is 1. The Morgan fingerprint density at radius 1 is 1.15 bits per heavy atom. The van der Waals surface area contributed by atoms with Crippen LogP contribution in [0.1, 0.15) is 55.5 Å². The van der Waals surface area contributed by atoms with E-state index >= 15 is 0 Å². The summed E-state index contributed by atoms with van der Waals surface area (Å²) in [6, 6.07) is 1.11. The Hall–Kier alpha value is -1.28. The van der Waals surface area contributed by atoms with Gasteiger partial charge in [0.2, 0.25) is 11.8 Å². The molecule has 8 heteroatoms. The molecule has 1 aromatic heterocycles. The molecule has 27 heavy (non-hydrogen) atoms. The Balaban J connectivity index is 1.19. The van der Waals surface area contributed by atoms with Crippen LogP contribution in [0.5, 0.6) is 0 Å². The van der Waals surface area contributed by atoms with Crippen molar-refractivity contribution in [2.75, 3.05) is 18.0 Å². The molecule has 0 aromatic carbocycles. The van der Waals surface area contributed by atoms with Crippen LogP contribution >= 0.6 is 11.3 Å². The second-order valence-electron chi connectivity index (χ2n) is 8.57. The second-order valence-corrected chi connectivity index (χ2v) is 9.63. The maximum atomic E-state index is 13.3. The summed E-state index contributed by atoms with van der Waals surface area (Å²) in [6.45, 7) is 3.28. The summed E-state index contributed by atoms with van der Waals surface area (Å²) in [7, 11) is 0. The lowest BCUT2D eigenvalue weighted by Crippen LogP contribution is -2.52. The quantitative estimate of drug-likeness (QED) is 0.853. The Kier molecular flexibility index (Phi) is 4.39. The summed E-state index contributed by atoms with van der Waals surface area (Å²) in [5.74, 6) is -2.32. The molecule has 2 unspecified atom stereocenters. The topological polar surface area (TPSA) is 48.5 Å². The predicted molar refractivity (Wildman–Crippen MR) is 100 cm³/mol. The van der Waals surface area contributed by atoms with Gasteiger partial charge < -0.3 is 15.1 Å². The third-order valence-corrected chi connectivity index (χ3v) is 7.79. The number of carbonyl (C=O) groups excluding carboxylic acids is 1. The van der Waals surface area contributed by atoms with E-state index in [1.807, 2.05) is 4.90 Å². The van der Waals surface area contributed by atoms with Gasteiger partial charge in [0.15, 0.2) is 5.13 Å². The third-order valence-electron chi connectivity index (χ3n) is 6.70. The van der Waals surface area contributed by atoms with Crippen molar-refractivity contribution in [3.63, 3.8) is 0 Å². The van der Waals surface area contributed by atoms with Gasteiger partial charge in [0, 0.05) is 44.4 Å². The number of piperazine rings is 1. The number of alkyl halides is 2. The van der Waals surface area contributed by atoms with Crippen LogP contribution in [0.4, 0.5) is 13.9 Å². The average Bonchev–Trinajstić information content (AvgIpc) is 3.26. The number of nitrogens with zero attached hydrogens (tertiary/aromatic N) is 3. The van der Waals surface area contributed by atoms with Crippen molar-refractivity contribution in [2.45, 2.75) is 76.0 Å². The molecule has 1 aromatic rings. The van der Waals surface area contributed by atoms with Crippen LogP contribution in [0, 0.1) is 5.92 Å². The van der Waals surface area contributed by atoms with E-state index in [0.717, 1.165) is 23.9 Å². The van der Waals surface area contributed by atoms with Crippen molar-refractivity contribution in [3.8, 4) is 0 Å². The number of hydrogen-bond donors (Lipinski definition) is 1. The van der Waals surface area contributed by atoms with Gasteiger partial charge in [-0.25, -0.2) is 13.8 Å². The monoisotopic (exact) mass is 396 g/mol. The summed E-state index contributed by atoms with van der Waals surface area (Å²) < 4.78 is 26.6. The molecule has 3 aliphatic heterocycles. The maximum Gasteiger partial charge on any atom is 0.248 e. The first kappa shape index (κ1) is 17.8. The highest BCUT2D eigenvalue weighted by atomic mass is 32.1. The molecule has 2 bridgehead atoms. The number of fused-ring (bicyclic) bond motifs is 3. The SMILES string of the molecule is O=C(CC1CCC(F)(F)CC1)N1Cc2nc(N3C4CCC3CNC4)sc2C1. The highest BCUT2D eigenvalue weighted by molar-refractivity contribution is 7.15. The Labute approximate surface area is 162 Å². The molecule has 0 spiro atoms. The molecule has 1 aliphatic carbocycles. The largest absolute Gasteiger partial charge is 0.340 e. The number of thiazole rings is 1. The van der Waals surface area contributed by atoms with E-state index < -0.39 is 5.92 Å². The van der Waals surface area contributed by atoms with Crippen molar-refractivity contribution >= 4 is 22.4 Å². The smallest absolute Gasteiger partial charge is 0.248 e. The Morgan fingerprint density at radius 3 is 2.52 bits per heavy atom. The van der Waals surface area contributed by atoms with Gasteiger partial charge in [-0.15, -0.1) is 0 Å². The van der Waals surface area contributed by atoms with Gasteiger partial charge >= 0.3 is 0 Å². The molecule has 1 N–H and O–H groups in total. The normalized spacial score (nSPS) is 30.0. The minimum absolute atomic E-state index is 0.0732. The van der Waals surface area contributed by atoms with Gasteiger partial charge in [-0.3, -0.25) is 4.79 Å². The van der Waals surface area contributed by atoms with E-state index in [9.17, 15) is 13.6 Å². The van der Waals surface area contributed by atoms with Crippen molar-refractivity contribution in [3.05, 3.63) is 10.6 Å². The zero-order valence-corrected chi connectivity index (χ0v) is 16.2. The van der Waals surface area contributed by atoms with Crippen molar-refractivity contribution < 1.29 is 13.6 Å². The molecule has 1 saturated carbocycles. The fourth-order valence-electron chi connectivity index (χ4n) is 5.08. The van der Waals surface area contributed by atoms with E-state index in [4.69, 9.17) is 4.98 Å². The first-order chi connectivity index (χ1) is 13.0. The molecular formula is C19H26F2N4OS. The van der Waals surface area contributed by atoms with Crippen LogP contribution in [0.25, 0.3) is 0 Å². The molecule has 148 valence electrons. The lowest BCUT2D eigenvalue weighted by Gasteiger charge is -2.35. The highest BCUT2D eigenvalue weighted by Gasteiger charge is 2.40. The van der Waals surface area contributed by atoms with Gasteiger partial charge in [0.1, 0.15) is 0 Å². The summed E-state index contributed by atoms with van der Waals surface area (Å²) in [5, 5.41) is 4.62. The van der Waals surface area contributed by atoms with Gasteiger partial charge in [-0.1, -0.05) is 11.3 Å². The van der Waals surface area contributed by atoms with Crippen LogP contribution in [0.15, 0.2) is 0 Å². The van der Waals surface area contributed by atoms with E-state index in [1.54, 1.807) is 11.3 Å². The van der Waals surface area contributed by atoms with Crippen molar-refractivity contribution in [1.29, 1.82) is 0 Å². The fraction of sp³-hybridized carbons (Fsp3) is 0.789. The van der Waals surface area contributed by atoms with E-state index in [1.165, 1.54) is 17.7 Å². The maximum absolute atomic E-state index is 13.3. The van der Waals surface area contributed by atoms with Gasteiger partial charge in [-0.2, -0.15) is 0 Å². The van der Waals surface area contributed by atoms with Crippen molar-refractivity contribution in [1.82, 2.24) is 15.2 Å². The van der Waals surface area contributed by atoms with Crippen LogP contribution in [-0.4, -0.2) is 46.9 Å². The molecule has 1 amide bonds. The second kappa shape index (κ2) is 6.65. The molecular weight excluding hydrogens is 370 g/mol. The minimum Gasteiger partial charge on any atom is -0.340 e. The Bertz CT molecular complexity index is 690. The molecule has 5 nitrogen and oxygen atoms in total. The van der Waals surface area contributed by atoms with Gasteiger partial charge in [0.05, 0.1) is 23.7 Å². The number of rotatable bonds is 3. The van der Waals surface area contributed by atoms with Crippen LogP contribution in [-0.2, 0) is 17.9 Å². The van der Waals surface area contributed by atoms with Crippen LogP contribution in [0.2, 0.25) is 0 Å². The number of aromatic nitrogens is 1. The van der Waals surface area contributed by atoms with E-state index in [2.05, 4.69) is 10.2 Å². The lowest BCUT2D eigenvalue weighted by atomic mass is 9.84. The molecule has 3 fully saturated rings. The number of carbonyl (C=O) groups is 1. The summed E-state index contributed by atoms with van der Waals surface area (Å²) in [6.07, 6.45) is 3.64. The molecule has 4 heterocycles. The zero-order valence-electron chi connectivity index (χ0n) is 15.4. The predicted octanol–water partition coefficient (Wildman–Crippen LogP) is 3.14. The third kappa shape index (κ3) is 3.35. The minimum atomic E-state index is -2.53. The highest BCUT2D eigenvalue weighted by Crippen LogP contribution is 2.40. The number of halogens is 2.